The molecule has 0 spiro atoms. The van der Waals surface area contributed by atoms with E-state index in [9.17, 15) is 115 Å². The van der Waals surface area contributed by atoms with Crippen LogP contribution in [-0.2, 0) is 67.0 Å². The Morgan fingerprint density at radius 3 is 0.767 bits per heavy atom. The van der Waals surface area contributed by atoms with Gasteiger partial charge in [-0.2, -0.15) is 0 Å². The van der Waals surface area contributed by atoms with E-state index < -0.39 is 173 Å². The molecular formula is C78H70N10O32. The van der Waals surface area contributed by atoms with Crippen LogP contribution in [0.25, 0.3) is 0 Å². The predicted molar refractivity (Wildman–Crippen MR) is 397 cm³/mol. The summed E-state index contributed by atoms with van der Waals surface area (Å²) in [7, 11) is 0. The molecule has 6 aromatic carbocycles. The van der Waals surface area contributed by atoms with Crippen LogP contribution in [0.5, 0.6) is 0 Å². The van der Waals surface area contributed by atoms with Crippen LogP contribution in [0.15, 0.2) is 146 Å². The molecule has 2 saturated heterocycles. The molecule has 0 aliphatic carbocycles. The van der Waals surface area contributed by atoms with Gasteiger partial charge >= 0.3 is 59.7 Å². The molecule has 0 bridgehead atoms. The third-order valence-electron chi connectivity index (χ3n) is 17.9. The molecule has 8 aliphatic heterocycles. The summed E-state index contributed by atoms with van der Waals surface area (Å²) < 4.78 is 8.71. The number of hydrogen-bond acceptors (Lipinski definition) is 28. The van der Waals surface area contributed by atoms with Crippen molar-refractivity contribution < 1.29 is 155 Å². The summed E-state index contributed by atoms with van der Waals surface area (Å²) in [6.45, 7) is 0. The number of aliphatic carboxylic acids is 6. The number of carboxylic acids is 6. The van der Waals surface area contributed by atoms with Crippen LogP contribution in [0.3, 0.4) is 0 Å². The van der Waals surface area contributed by atoms with Gasteiger partial charge in [-0.3, -0.25) is 117 Å². The van der Waals surface area contributed by atoms with E-state index in [1.54, 1.807) is 121 Å². The van der Waals surface area contributed by atoms with Crippen molar-refractivity contribution >= 4 is 142 Å². The summed E-state index contributed by atoms with van der Waals surface area (Å²) in [6, 6.07) is 31.4. The molecule has 0 aromatic heterocycles. The molecular weight excluding hydrogens is 1590 g/mol. The third kappa shape index (κ3) is 22.4. The van der Waals surface area contributed by atoms with Gasteiger partial charge in [-0.15, -0.1) is 0 Å². The van der Waals surface area contributed by atoms with Crippen LogP contribution < -0.4 is 33.6 Å². The van der Waals surface area contributed by atoms with Crippen molar-refractivity contribution in [3.8, 4) is 0 Å². The Morgan fingerprint density at radius 2 is 0.542 bits per heavy atom. The lowest BCUT2D eigenvalue weighted by Crippen LogP contribution is -2.54. The average Bonchev–Trinajstić information content (AvgIpc) is 1.64. The number of fused-ring (bicyclic) bond motifs is 6. The number of hydrogen-bond donors (Lipinski definition) is 12. The molecule has 8 heterocycles. The molecule has 2 fully saturated rings. The number of nitrogens with zero attached hydrogens (tertiary/aromatic N) is 4. The Hall–Kier alpha value is -15.9. The number of ether oxygens (including phenoxy) is 2. The molecule has 14 amide bonds. The Balaban J connectivity index is 0.000000192. The zero-order valence-corrected chi connectivity index (χ0v) is 62.2. The lowest BCUT2D eigenvalue weighted by Gasteiger charge is -2.27. The van der Waals surface area contributed by atoms with Crippen molar-refractivity contribution in [2.75, 3.05) is 0 Å². The monoisotopic (exact) mass is 1660 g/mol. The topological polar surface area (TPSA) is 691 Å². The maximum atomic E-state index is 12.2. The van der Waals surface area contributed by atoms with E-state index in [1.165, 1.54) is 24.3 Å². The Morgan fingerprint density at radius 1 is 0.325 bits per heavy atom. The van der Waals surface area contributed by atoms with Crippen molar-refractivity contribution in [2.24, 2.45) is 22.9 Å². The molecule has 6 unspecified atom stereocenters. The summed E-state index contributed by atoms with van der Waals surface area (Å²) in [5, 5.41) is 55.7. The summed E-state index contributed by atoms with van der Waals surface area (Å²) in [5.41, 5.74) is 23.0. The summed E-state index contributed by atoms with van der Waals surface area (Å²) >= 11 is 0. The zero-order valence-electron chi connectivity index (χ0n) is 62.2. The van der Waals surface area contributed by atoms with E-state index in [-0.39, 0.29) is 105 Å². The molecule has 16 N–H and O–H groups in total. The zero-order chi connectivity index (χ0) is 88.8. The fourth-order valence-corrected chi connectivity index (χ4v) is 12.0. The number of carbonyl (C=O) groups excluding carboxylic acids is 18. The van der Waals surface area contributed by atoms with E-state index >= 15 is 0 Å². The van der Waals surface area contributed by atoms with E-state index in [2.05, 4.69) is 20.1 Å². The van der Waals surface area contributed by atoms with Gasteiger partial charge in [0, 0.05) is 38.5 Å². The Labute approximate surface area is 673 Å². The van der Waals surface area contributed by atoms with E-state index in [0.717, 1.165) is 9.80 Å². The van der Waals surface area contributed by atoms with Crippen LogP contribution in [-0.4, -0.2) is 229 Å². The first kappa shape index (κ1) is 91.3. The molecule has 8 aliphatic rings. The average molecular weight is 1660 g/mol. The highest BCUT2D eigenvalue weighted by Gasteiger charge is 2.48. The number of nitrogens with one attached hydrogen (secondary N) is 2. The van der Waals surface area contributed by atoms with Crippen LogP contribution in [0.4, 0.5) is 0 Å². The number of carboxylic acid groups (broad SMARTS) is 6. The van der Waals surface area contributed by atoms with Crippen molar-refractivity contribution in [3.63, 3.8) is 0 Å². The van der Waals surface area contributed by atoms with Gasteiger partial charge in [-0.1, -0.05) is 72.8 Å². The van der Waals surface area contributed by atoms with E-state index in [1.807, 2.05) is 0 Å². The molecule has 14 rings (SSSR count). The van der Waals surface area contributed by atoms with Gasteiger partial charge in [0.05, 0.1) is 66.8 Å². The molecule has 0 radical (unpaired) electrons. The van der Waals surface area contributed by atoms with Gasteiger partial charge in [0.15, 0.2) is 0 Å². The summed E-state index contributed by atoms with van der Waals surface area (Å²) in [4.78, 5) is 273. The number of nitrogens with two attached hydrogens (primary N) is 4. The van der Waals surface area contributed by atoms with Gasteiger partial charge in [0.1, 0.15) is 36.3 Å². The predicted octanol–water partition coefficient (Wildman–Crippen LogP) is 0.699. The number of carbonyl (C=O) groups is 24. The van der Waals surface area contributed by atoms with Gasteiger partial charge in [0.2, 0.25) is 35.4 Å². The minimum Gasteiger partial charge on any atom is -0.481 e. The number of rotatable bonds is 20. The van der Waals surface area contributed by atoms with E-state index in [0.29, 0.717) is 54.3 Å². The second-order valence-corrected chi connectivity index (χ2v) is 26.0. The number of imide groups is 6. The molecule has 6 atom stereocenters. The third-order valence-corrected chi connectivity index (χ3v) is 17.9. The Kier molecular flexibility index (Phi) is 31.1. The first-order valence-corrected chi connectivity index (χ1v) is 35.4. The number of piperidine rings is 2. The number of benzene rings is 6. The van der Waals surface area contributed by atoms with Crippen LogP contribution in [0, 0.1) is 0 Å². The smallest absolute Gasteiger partial charge is 0.346 e. The highest BCUT2D eigenvalue weighted by atomic mass is 16.6. The summed E-state index contributed by atoms with van der Waals surface area (Å²) in [6.07, 6.45) is -0.669. The second kappa shape index (κ2) is 40.9. The van der Waals surface area contributed by atoms with Crippen molar-refractivity contribution in [3.05, 3.63) is 212 Å². The quantitative estimate of drug-likeness (QED) is 0.0284. The molecule has 42 nitrogen and oxygen atoms in total. The van der Waals surface area contributed by atoms with Crippen molar-refractivity contribution in [2.45, 2.75) is 113 Å². The fraction of sp³-hybridized carbons (Fsp3) is 0.231. The normalized spacial score (nSPS) is 16.9. The number of cyclic esters (lactones) is 4. The van der Waals surface area contributed by atoms with Gasteiger partial charge in [0.25, 0.3) is 47.3 Å². The van der Waals surface area contributed by atoms with Crippen molar-refractivity contribution in [1.29, 1.82) is 0 Å². The molecule has 0 saturated carbocycles. The minimum absolute atomic E-state index is 0.0213. The van der Waals surface area contributed by atoms with Crippen LogP contribution in [0.2, 0.25) is 0 Å². The van der Waals surface area contributed by atoms with E-state index in [4.69, 9.17) is 53.6 Å². The number of amides is 14. The highest BCUT2D eigenvalue weighted by molar-refractivity contribution is 6.26. The maximum absolute atomic E-state index is 12.2. The SMILES string of the molecule is NC(=O)CCC(C(=O)O)N1C(=O)c2ccccc2C1=O.NC(=O)CCC(N)C(=O)O.NC(CCC(=O)O)C(=O)O.O=C(O)CCC(C(=O)O)N1C(=O)c2ccccc2C1=O.O=C1CCC(N2C(=O)c3ccccc3C2=O)C(=O)N1.O=C1CCC(N2C(=O)c3ccccc3C2=O)C(=O)N1.O=C1OC(=O)c2ccccc21.O=C1OC(=O)c2ccccc21. The highest BCUT2D eigenvalue weighted by Crippen LogP contribution is 2.32. The number of esters is 4. The number of primary amides is 2. The van der Waals surface area contributed by atoms with Crippen molar-refractivity contribution in [1.82, 2.24) is 30.2 Å². The minimum atomic E-state index is -1.47. The second-order valence-electron chi connectivity index (χ2n) is 26.0. The molecule has 42 heteroatoms. The Bertz CT molecular complexity index is 4760. The first-order chi connectivity index (χ1) is 56.7. The lowest BCUT2D eigenvalue weighted by atomic mass is 10.0. The van der Waals surface area contributed by atoms with Crippen LogP contribution >= 0.6 is 0 Å². The maximum Gasteiger partial charge on any atom is 0.346 e. The fourth-order valence-electron chi connectivity index (χ4n) is 12.0. The molecule has 120 heavy (non-hydrogen) atoms. The molecule has 6 aromatic rings. The standard InChI is InChI=1S/C13H12N2O5.2C13H10N2O4.C13H11NO6.2C8H4O3.C5H10N2O3.C5H9NO4/c14-10(16)6-5-9(13(19)20)15-11(17)7-3-1-2-4-8(7)12(15)18;2*16-10-6-5-9(11(17)14-10)15-12(18)7-3-1-2-4-8(7)13(15)19;15-10(16)6-5-9(13(19)20)14-11(17)7-3-1-2-4-8(7)12(14)18;2*9-7-5-3-1-2-4-6(5)8(10)11-7;2*6-3(5(9)10)1-2-4(7)8/h1-4,9H,5-6H2,(H2,14,16)(H,19,20);2*1-4,9H,5-6H2,(H,14,16,17);1-4,9H,5-6H2,(H,15,16)(H,19,20);2*1-4H;3H,1-2,6H2,(H2,7,8)(H,9,10);3H,1-2,6H2,(H,7,8)(H,9,10). The largest absolute Gasteiger partial charge is 0.481 e. The van der Waals surface area contributed by atoms with Crippen LogP contribution in [0.1, 0.15) is 201 Å². The first-order valence-electron chi connectivity index (χ1n) is 35.4. The van der Waals surface area contributed by atoms with Gasteiger partial charge < -0.3 is 63.0 Å². The van der Waals surface area contributed by atoms with Gasteiger partial charge in [-0.25, -0.2) is 28.8 Å². The lowest BCUT2D eigenvalue weighted by molar-refractivity contribution is -0.144. The molecule has 624 valence electrons. The van der Waals surface area contributed by atoms with Gasteiger partial charge in [-0.05, 0) is 111 Å². The summed E-state index contributed by atoms with van der Waals surface area (Å²) in [5.74, 6) is -17.2.